The van der Waals surface area contributed by atoms with E-state index in [1.54, 1.807) is 29.4 Å². The number of aromatic nitrogens is 3. The molecule has 0 aromatic carbocycles. The Labute approximate surface area is 144 Å². The highest BCUT2D eigenvalue weighted by Gasteiger charge is 2.14. The molecule has 3 N–H and O–H groups in total. The van der Waals surface area contributed by atoms with Gasteiger partial charge in [-0.1, -0.05) is 0 Å². The van der Waals surface area contributed by atoms with E-state index in [1.165, 1.54) is 0 Å². The summed E-state index contributed by atoms with van der Waals surface area (Å²) >= 11 is 0. The van der Waals surface area contributed by atoms with Crippen LogP contribution in [-0.2, 0) is 13.1 Å². The van der Waals surface area contributed by atoms with Crippen LogP contribution in [0, 0.1) is 6.92 Å². The zero-order valence-corrected chi connectivity index (χ0v) is 13.8. The fourth-order valence-corrected chi connectivity index (χ4v) is 2.41. The first-order chi connectivity index (χ1) is 12.2. The van der Waals surface area contributed by atoms with E-state index in [-0.39, 0.29) is 19.2 Å². The molecule has 130 valence electrons. The number of nitrogens with zero attached hydrogens (tertiary/aromatic N) is 3. The van der Waals surface area contributed by atoms with Crippen molar-refractivity contribution < 1.29 is 14.3 Å². The number of rotatable bonds is 6. The number of urea groups is 1. The molecule has 2 amide bonds. The molecule has 0 atom stereocenters. The van der Waals surface area contributed by atoms with Crippen LogP contribution in [0.15, 0.2) is 47.3 Å². The Balaban J connectivity index is 1.71. The summed E-state index contributed by atoms with van der Waals surface area (Å²) in [5.74, 6) is 1.24. The second-order valence-electron chi connectivity index (χ2n) is 5.42. The minimum Gasteiger partial charge on any atom is -0.469 e. The lowest BCUT2D eigenvalue weighted by Gasteiger charge is -2.09. The molecule has 0 aliphatic carbocycles. The van der Waals surface area contributed by atoms with Crippen LogP contribution in [0.4, 0.5) is 10.6 Å². The summed E-state index contributed by atoms with van der Waals surface area (Å²) in [5, 5.41) is 19.2. The van der Waals surface area contributed by atoms with Crippen LogP contribution in [0.25, 0.3) is 11.3 Å². The highest BCUT2D eigenvalue weighted by Crippen LogP contribution is 2.25. The molecule has 8 heteroatoms. The number of hydrogen-bond donors (Lipinski definition) is 3. The van der Waals surface area contributed by atoms with Crippen molar-refractivity contribution in [3.63, 3.8) is 0 Å². The average Bonchev–Trinajstić information content (AvgIpc) is 3.21. The molecule has 3 aromatic rings. The van der Waals surface area contributed by atoms with Crippen LogP contribution >= 0.6 is 0 Å². The molecule has 8 nitrogen and oxygen atoms in total. The number of aliphatic hydroxyl groups is 1. The van der Waals surface area contributed by atoms with E-state index in [4.69, 9.17) is 4.42 Å². The number of hydrogen-bond acceptors (Lipinski definition) is 5. The molecule has 0 unspecified atom stereocenters. The summed E-state index contributed by atoms with van der Waals surface area (Å²) in [6, 6.07) is 6.87. The lowest BCUT2D eigenvalue weighted by atomic mass is 10.2. The van der Waals surface area contributed by atoms with Crippen molar-refractivity contribution in [2.45, 2.75) is 20.0 Å². The summed E-state index contributed by atoms with van der Waals surface area (Å²) in [7, 11) is 0. The number of carbonyl (C=O) groups is 1. The van der Waals surface area contributed by atoms with Gasteiger partial charge in [0.2, 0.25) is 0 Å². The van der Waals surface area contributed by atoms with Crippen molar-refractivity contribution in [3.05, 3.63) is 54.2 Å². The number of amides is 2. The highest BCUT2D eigenvalue weighted by atomic mass is 16.3. The number of aliphatic hydroxyl groups excluding tert-OH is 1. The van der Waals surface area contributed by atoms with Crippen molar-refractivity contribution in [1.82, 2.24) is 20.1 Å². The van der Waals surface area contributed by atoms with E-state index in [1.807, 2.05) is 25.1 Å². The molecule has 3 aromatic heterocycles. The number of pyridine rings is 1. The lowest BCUT2D eigenvalue weighted by molar-refractivity contribution is 0.250. The summed E-state index contributed by atoms with van der Waals surface area (Å²) in [6.45, 7) is 2.42. The predicted octanol–water partition coefficient (Wildman–Crippen LogP) is 2.16. The van der Waals surface area contributed by atoms with Gasteiger partial charge in [0.05, 0.1) is 25.1 Å². The van der Waals surface area contributed by atoms with Crippen molar-refractivity contribution in [2.24, 2.45) is 0 Å². The zero-order chi connectivity index (χ0) is 17.6. The molecule has 25 heavy (non-hydrogen) atoms. The zero-order valence-electron chi connectivity index (χ0n) is 13.8. The Morgan fingerprint density at radius 3 is 2.80 bits per heavy atom. The Morgan fingerprint density at radius 2 is 2.12 bits per heavy atom. The Bertz CT molecular complexity index is 841. The van der Waals surface area contributed by atoms with Gasteiger partial charge >= 0.3 is 6.03 Å². The fourth-order valence-electron chi connectivity index (χ4n) is 2.41. The SMILES string of the molecule is Cc1occc1-c1cc(NC(=O)NCc2ccncc2)n(CCO)n1. The first kappa shape index (κ1) is 16.7. The normalized spacial score (nSPS) is 10.6. The lowest BCUT2D eigenvalue weighted by Crippen LogP contribution is -2.29. The largest absolute Gasteiger partial charge is 0.469 e. The van der Waals surface area contributed by atoms with Crippen LogP contribution < -0.4 is 10.6 Å². The molecule has 0 spiro atoms. The van der Waals surface area contributed by atoms with Gasteiger partial charge in [0.15, 0.2) is 0 Å². The topological polar surface area (TPSA) is 105 Å². The summed E-state index contributed by atoms with van der Waals surface area (Å²) < 4.78 is 6.84. The molecule has 0 bridgehead atoms. The van der Waals surface area contributed by atoms with Crippen molar-refractivity contribution in [3.8, 4) is 11.3 Å². The van der Waals surface area contributed by atoms with E-state index in [0.717, 1.165) is 16.9 Å². The van der Waals surface area contributed by atoms with E-state index >= 15 is 0 Å². The van der Waals surface area contributed by atoms with Gasteiger partial charge in [-0.05, 0) is 30.7 Å². The standard InChI is InChI=1S/C17H19N5O3/c1-12-14(4-9-25-12)15-10-16(22(21-15)7-8-23)20-17(24)19-11-13-2-5-18-6-3-13/h2-6,9-10,23H,7-8,11H2,1H3,(H2,19,20,24). The molecule has 0 saturated heterocycles. The monoisotopic (exact) mass is 341 g/mol. The van der Waals surface area contributed by atoms with Gasteiger partial charge in [-0.25, -0.2) is 9.48 Å². The van der Waals surface area contributed by atoms with Crippen LogP contribution in [0.2, 0.25) is 0 Å². The molecular weight excluding hydrogens is 322 g/mol. The molecule has 0 aliphatic heterocycles. The van der Waals surface area contributed by atoms with Gasteiger partial charge in [-0.2, -0.15) is 5.10 Å². The Hall–Kier alpha value is -3.13. The quantitative estimate of drug-likeness (QED) is 0.637. The first-order valence-corrected chi connectivity index (χ1v) is 7.84. The maximum atomic E-state index is 12.1. The third-order valence-electron chi connectivity index (χ3n) is 3.67. The van der Waals surface area contributed by atoms with E-state index < -0.39 is 0 Å². The maximum Gasteiger partial charge on any atom is 0.320 e. The van der Waals surface area contributed by atoms with Crippen LogP contribution in [-0.4, -0.2) is 32.5 Å². The minimum absolute atomic E-state index is 0.0845. The molecular formula is C17H19N5O3. The number of aryl methyl sites for hydroxylation is 1. The third-order valence-corrected chi connectivity index (χ3v) is 3.67. The van der Waals surface area contributed by atoms with Crippen molar-refractivity contribution in [1.29, 1.82) is 0 Å². The number of anilines is 1. The van der Waals surface area contributed by atoms with Gasteiger partial charge < -0.3 is 14.8 Å². The summed E-state index contributed by atoms with van der Waals surface area (Å²) in [4.78, 5) is 16.1. The smallest absolute Gasteiger partial charge is 0.320 e. The Kier molecular flexibility index (Phi) is 5.10. The summed E-state index contributed by atoms with van der Waals surface area (Å²) in [5.41, 5.74) is 2.46. The molecule has 0 fully saturated rings. The molecule has 3 heterocycles. The van der Waals surface area contributed by atoms with Crippen molar-refractivity contribution >= 4 is 11.8 Å². The third kappa shape index (κ3) is 4.04. The van der Waals surface area contributed by atoms with Crippen LogP contribution in [0.3, 0.4) is 0 Å². The highest BCUT2D eigenvalue weighted by molar-refractivity contribution is 5.89. The molecule has 0 saturated carbocycles. The van der Waals surface area contributed by atoms with Gasteiger partial charge in [0.1, 0.15) is 11.6 Å². The van der Waals surface area contributed by atoms with Gasteiger partial charge in [-0.3, -0.25) is 10.3 Å². The molecule has 0 radical (unpaired) electrons. The number of nitrogens with one attached hydrogen (secondary N) is 2. The molecule has 0 aliphatic rings. The average molecular weight is 341 g/mol. The van der Waals surface area contributed by atoms with Crippen molar-refractivity contribution in [2.75, 3.05) is 11.9 Å². The Morgan fingerprint density at radius 1 is 1.32 bits per heavy atom. The van der Waals surface area contributed by atoms with E-state index in [0.29, 0.717) is 18.1 Å². The second kappa shape index (κ2) is 7.63. The maximum absolute atomic E-state index is 12.1. The fraction of sp³-hybridized carbons (Fsp3) is 0.235. The number of carbonyl (C=O) groups excluding carboxylic acids is 1. The van der Waals surface area contributed by atoms with Gasteiger partial charge in [0.25, 0.3) is 0 Å². The van der Waals surface area contributed by atoms with E-state index in [9.17, 15) is 9.90 Å². The molecule has 3 rings (SSSR count). The predicted molar refractivity (Wildman–Crippen MR) is 91.8 cm³/mol. The van der Waals surface area contributed by atoms with E-state index in [2.05, 4.69) is 20.7 Å². The number of furan rings is 1. The second-order valence-corrected chi connectivity index (χ2v) is 5.42. The van der Waals surface area contributed by atoms with Crippen LogP contribution in [0.5, 0.6) is 0 Å². The first-order valence-electron chi connectivity index (χ1n) is 7.84. The van der Waals surface area contributed by atoms with Gasteiger partial charge in [0, 0.05) is 30.6 Å². The summed E-state index contributed by atoms with van der Waals surface area (Å²) in [6.07, 6.45) is 4.93. The minimum atomic E-state index is -0.355. The van der Waals surface area contributed by atoms with Gasteiger partial charge in [-0.15, -0.1) is 0 Å². The van der Waals surface area contributed by atoms with Crippen LogP contribution in [0.1, 0.15) is 11.3 Å².